The Balaban J connectivity index is 1.53. The molecule has 2 fully saturated rings. The van der Waals surface area contributed by atoms with Crippen molar-refractivity contribution in [1.82, 2.24) is 10.6 Å². The van der Waals surface area contributed by atoms with Crippen LogP contribution in [0.1, 0.15) is 44.2 Å². The second-order valence-electron chi connectivity index (χ2n) is 6.66. The zero-order valence-corrected chi connectivity index (χ0v) is 13.6. The van der Waals surface area contributed by atoms with Gasteiger partial charge in [-0.1, -0.05) is 12.1 Å². The van der Waals surface area contributed by atoms with Crippen LogP contribution < -0.4 is 16.0 Å². The molecular formula is C18H25N3O2. The van der Waals surface area contributed by atoms with Crippen LogP contribution in [0.5, 0.6) is 0 Å². The first-order valence-electron chi connectivity index (χ1n) is 8.55. The molecule has 0 bridgehead atoms. The van der Waals surface area contributed by atoms with Gasteiger partial charge in [-0.2, -0.15) is 0 Å². The third-order valence-electron chi connectivity index (χ3n) is 4.65. The van der Waals surface area contributed by atoms with Gasteiger partial charge in [0.15, 0.2) is 0 Å². The van der Waals surface area contributed by atoms with E-state index in [9.17, 15) is 9.59 Å². The van der Waals surface area contributed by atoms with Gasteiger partial charge >= 0.3 is 0 Å². The summed E-state index contributed by atoms with van der Waals surface area (Å²) >= 11 is 0. The van der Waals surface area contributed by atoms with Crippen LogP contribution in [-0.4, -0.2) is 24.9 Å². The van der Waals surface area contributed by atoms with Gasteiger partial charge in [0.25, 0.3) is 0 Å². The SMILES string of the molecule is CC(NC(=O)C1CCCNC1)c1ccc(NC(=O)C2CC2)cc1. The molecule has 0 radical (unpaired) electrons. The predicted octanol–water partition coefficient (Wildman–Crippen LogP) is 2.21. The maximum atomic E-state index is 12.3. The van der Waals surface area contributed by atoms with E-state index in [0.29, 0.717) is 0 Å². The molecule has 1 aliphatic carbocycles. The van der Waals surface area contributed by atoms with Crippen LogP contribution >= 0.6 is 0 Å². The Bertz CT molecular complexity index is 560. The third-order valence-corrected chi connectivity index (χ3v) is 4.65. The molecule has 0 spiro atoms. The van der Waals surface area contributed by atoms with Crippen molar-refractivity contribution in [3.8, 4) is 0 Å². The van der Waals surface area contributed by atoms with Crippen LogP contribution in [0.3, 0.4) is 0 Å². The lowest BCUT2D eigenvalue weighted by Crippen LogP contribution is -2.41. The lowest BCUT2D eigenvalue weighted by Gasteiger charge is -2.24. The minimum atomic E-state index is -0.0300. The van der Waals surface area contributed by atoms with Gasteiger partial charge in [0.05, 0.1) is 12.0 Å². The zero-order valence-electron chi connectivity index (χ0n) is 13.6. The van der Waals surface area contributed by atoms with Crippen molar-refractivity contribution in [2.24, 2.45) is 11.8 Å². The van der Waals surface area contributed by atoms with Gasteiger partial charge in [-0.3, -0.25) is 9.59 Å². The summed E-state index contributed by atoms with van der Waals surface area (Å²) in [6.07, 6.45) is 4.02. The Labute approximate surface area is 137 Å². The fourth-order valence-corrected chi connectivity index (χ4v) is 2.94. The molecule has 2 unspecified atom stereocenters. The van der Waals surface area contributed by atoms with Crippen LogP contribution in [0.25, 0.3) is 0 Å². The van der Waals surface area contributed by atoms with Crippen LogP contribution in [0.2, 0.25) is 0 Å². The average molecular weight is 315 g/mol. The molecule has 1 saturated carbocycles. The number of nitrogens with one attached hydrogen (secondary N) is 3. The standard InChI is InChI=1S/C18H25N3O2/c1-12(20-18(23)15-3-2-10-19-11-15)13-6-8-16(9-7-13)21-17(22)14-4-5-14/h6-9,12,14-15,19H,2-5,10-11H2,1H3,(H,20,23)(H,21,22). The van der Waals surface area contributed by atoms with E-state index in [4.69, 9.17) is 0 Å². The minimum absolute atomic E-state index is 0.0300. The van der Waals surface area contributed by atoms with Gasteiger partial charge in [0, 0.05) is 18.2 Å². The second kappa shape index (κ2) is 7.13. The largest absolute Gasteiger partial charge is 0.349 e. The number of rotatable bonds is 5. The summed E-state index contributed by atoms with van der Waals surface area (Å²) in [6, 6.07) is 7.71. The molecule has 2 atom stereocenters. The van der Waals surface area contributed by atoms with Crippen LogP contribution in [-0.2, 0) is 9.59 Å². The molecule has 1 aliphatic heterocycles. The number of carbonyl (C=O) groups excluding carboxylic acids is 2. The van der Waals surface area contributed by atoms with Crippen molar-refractivity contribution in [2.75, 3.05) is 18.4 Å². The Hall–Kier alpha value is -1.88. The highest BCUT2D eigenvalue weighted by atomic mass is 16.2. The monoisotopic (exact) mass is 315 g/mol. The fourth-order valence-electron chi connectivity index (χ4n) is 2.94. The number of piperidine rings is 1. The maximum Gasteiger partial charge on any atom is 0.227 e. The van der Waals surface area contributed by atoms with E-state index in [2.05, 4.69) is 16.0 Å². The molecule has 3 rings (SSSR count). The van der Waals surface area contributed by atoms with Gasteiger partial charge < -0.3 is 16.0 Å². The molecule has 1 aromatic rings. The molecular weight excluding hydrogens is 290 g/mol. The highest BCUT2D eigenvalue weighted by molar-refractivity contribution is 5.94. The third kappa shape index (κ3) is 4.32. The number of benzene rings is 1. The van der Waals surface area contributed by atoms with E-state index < -0.39 is 0 Å². The van der Waals surface area contributed by atoms with Crippen molar-refractivity contribution >= 4 is 17.5 Å². The number of amides is 2. The van der Waals surface area contributed by atoms with Crippen molar-refractivity contribution in [2.45, 2.75) is 38.6 Å². The number of carbonyl (C=O) groups is 2. The zero-order chi connectivity index (χ0) is 16.2. The van der Waals surface area contributed by atoms with Crippen molar-refractivity contribution in [3.63, 3.8) is 0 Å². The normalized spacial score (nSPS) is 22.2. The molecule has 1 aromatic carbocycles. The lowest BCUT2D eigenvalue weighted by atomic mass is 9.98. The molecule has 5 nitrogen and oxygen atoms in total. The lowest BCUT2D eigenvalue weighted by molar-refractivity contribution is -0.126. The van der Waals surface area contributed by atoms with E-state index >= 15 is 0 Å². The number of hydrogen-bond donors (Lipinski definition) is 3. The second-order valence-corrected chi connectivity index (χ2v) is 6.66. The Kier molecular flexibility index (Phi) is 4.96. The van der Waals surface area contributed by atoms with Gasteiger partial charge in [-0.25, -0.2) is 0 Å². The minimum Gasteiger partial charge on any atom is -0.349 e. The molecule has 1 heterocycles. The molecule has 0 aromatic heterocycles. The Morgan fingerprint density at radius 3 is 2.43 bits per heavy atom. The van der Waals surface area contributed by atoms with Crippen LogP contribution in [0, 0.1) is 11.8 Å². The molecule has 124 valence electrons. The molecule has 2 aliphatic rings. The van der Waals surface area contributed by atoms with Crippen molar-refractivity contribution in [3.05, 3.63) is 29.8 Å². The highest BCUT2D eigenvalue weighted by Crippen LogP contribution is 2.30. The van der Waals surface area contributed by atoms with E-state index in [-0.39, 0.29) is 29.7 Å². The number of anilines is 1. The van der Waals surface area contributed by atoms with E-state index in [0.717, 1.165) is 50.0 Å². The van der Waals surface area contributed by atoms with Gasteiger partial charge in [-0.05, 0) is 56.8 Å². The average Bonchev–Trinajstić information content (AvgIpc) is 3.41. The summed E-state index contributed by atoms with van der Waals surface area (Å²) in [5.74, 6) is 0.514. The Morgan fingerprint density at radius 2 is 1.83 bits per heavy atom. The first kappa shape index (κ1) is 16.0. The number of hydrogen-bond acceptors (Lipinski definition) is 3. The molecule has 3 N–H and O–H groups in total. The molecule has 2 amide bonds. The first-order chi connectivity index (χ1) is 11.1. The summed E-state index contributed by atoms with van der Waals surface area (Å²) < 4.78 is 0. The summed E-state index contributed by atoms with van der Waals surface area (Å²) in [4.78, 5) is 24.0. The molecule has 23 heavy (non-hydrogen) atoms. The quantitative estimate of drug-likeness (QED) is 0.780. The van der Waals surface area contributed by atoms with Crippen molar-refractivity contribution < 1.29 is 9.59 Å². The van der Waals surface area contributed by atoms with E-state index in [1.54, 1.807) is 0 Å². The van der Waals surface area contributed by atoms with Crippen molar-refractivity contribution in [1.29, 1.82) is 0 Å². The molecule has 5 heteroatoms. The summed E-state index contributed by atoms with van der Waals surface area (Å²) in [5, 5.41) is 9.28. The van der Waals surface area contributed by atoms with E-state index in [1.807, 2.05) is 31.2 Å². The summed E-state index contributed by atoms with van der Waals surface area (Å²) in [6.45, 7) is 3.77. The topological polar surface area (TPSA) is 70.2 Å². The molecule has 1 saturated heterocycles. The van der Waals surface area contributed by atoms with Gasteiger partial charge in [0.1, 0.15) is 0 Å². The van der Waals surface area contributed by atoms with Gasteiger partial charge in [0.2, 0.25) is 11.8 Å². The van der Waals surface area contributed by atoms with Crippen LogP contribution in [0.15, 0.2) is 24.3 Å². The summed E-state index contributed by atoms with van der Waals surface area (Å²) in [5.41, 5.74) is 1.87. The fraction of sp³-hybridized carbons (Fsp3) is 0.556. The highest BCUT2D eigenvalue weighted by Gasteiger charge is 2.29. The predicted molar refractivity (Wildman–Crippen MR) is 89.9 cm³/mol. The maximum absolute atomic E-state index is 12.3. The van der Waals surface area contributed by atoms with Gasteiger partial charge in [-0.15, -0.1) is 0 Å². The van der Waals surface area contributed by atoms with Crippen LogP contribution in [0.4, 0.5) is 5.69 Å². The summed E-state index contributed by atoms with van der Waals surface area (Å²) in [7, 11) is 0. The van der Waals surface area contributed by atoms with E-state index in [1.165, 1.54) is 0 Å². The first-order valence-corrected chi connectivity index (χ1v) is 8.55. The Morgan fingerprint density at radius 1 is 1.09 bits per heavy atom. The smallest absolute Gasteiger partial charge is 0.227 e.